The summed E-state index contributed by atoms with van der Waals surface area (Å²) in [5.74, 6) is -2.35. The fraction of sp³-hybridized carbons (Fsp3) is 0.333. The first kappa shape index (κ1) is 20.7. The molecule has 1 amide bonds. The van der Waals surface area contributed by atoms with Crippen molar-refractivity contribution in [2.75, 3.05) is 0 Å². The van der Waals surface area contributed by atoms with Crippen LogP contribution >= 0.6 is 0 Å². The first-order valence-electron chi connectivity index (χ1n) is 9.12. The number of halogens is 3. The maximum absolute atomic E-state index is 12.7. The van der Waals surface area contributed by atoms with Gasteiger partial charge in [0.1, 0.15) is 11.9 Å². The normalized spacial score (nSPS) is 16.0. The molecule has 2 aromatic rings. The topological polar surface area (TPSA) is 75.6 Å². The number of carbonyl (C=O) groups is 2. The second-order valence-electron chi connectivity index (χ2n) is 7.07. The minimum Gasteiger partial charge on any atom is -0.484 e. The Morgan fingerprint density at radius 1 is 1.07 bits per heavy atom. The number of rotatable bonds is 7. The van der Waals surface area contributed by atoms with Gasteiger partial charge in [-0.1, -0.05) is 24.3 Å². The third-order valence-corrected chi connectivity index (χ3v) is 4.75. The largest absolute Gasteiger partial charge is 0.484 e. The van der Waals surface area contributed by atoms with Gasteiger partial charge in [0.05, 0.1) is 11.6 Å². The average Bonchev–Trinajstić information content (AvgIpc) is 3.51. The van der Waals surface area contributed by atoms with Crippen LogP contribution in [0.4, 0.5) is 13.2 Å². The van der Waals surface area contributed by atoms with E-state index in [0.717, 1.165) is 18.4 Å². The van der Waals surface area contributed by atoms with Gasteiger partial charge in [-0.3, -0.25) is 4.79 Å². The molecule has 0 saturated heterocycles. The Morgan fingerprint density at radius 3 is 2.14 bits per heavy atom. The van der Waals surface area contributed by atoms with Gasteiger partial charge in [-0.15, -0.1) is 0 Å². The number of benzene rings is 2. The van der Waals surface area contributed by atoms with Gasteiger partial charge in [0.15, 0.2) is 0 Å². The van der Waals surface area contributed by atoms with Crippen molar-refractivity contribution >= 4 is 11.9 Å². The maximum atomic E-state index is 12.7. The molecule has 2 aromatic carbocycles. The zero-order chi connectivity index (χ0) is 21.2. The Morgan fingerprint density at radius 2 is 1.66 bits per heavy atom. The summed E-state index contributed by atoms with van der Waals surface area (Å²) >= 11 is 0. The zero-order valence-electron chi connectivity index (χ0n) is 15.6. The summed E-state index contributed by atoms with van der Waals surface area (Å²) in [4.78, 5) is 22.4. The van der Waals surface area contributed by atoms with Gasteiger partial charge in [-0.05, 0) is 61.1 Å². The molecule has 154 valence electrons. The van der Waals surface area contributed by atoms with E-state index in [1.165, 1.54) is 31.2 Å². The fourth-order valence-corrected chi connectivity index (χ4v) is 3.02. The molecule has 3 rings (SSSR count). The van der Waals surface area contributed by atoms with Gasteiger partial charge >= 0.3 is 18.1 Å². The van der Waals surface area contributed by atoms with E-state index in [1.54, 1.807) is 12.1 Å². The van der Waals surface area contributed by atoms with Gasteiger partial charge in [0, 0.05) is 0 Å². The molecule has 1 fully saturated rings. The van der Waals surface area contributed by atoms with Crippen molar-refractivity contribution in [2.45, 2.75) is 44.0 Å². The molecular formula is C21H20F3NO4. The molecule has 1 saturated carbocycles. The fourth-order valence-electron chi connectivity index (χ4n) is 3.02. The van der Waals surface area contributed by atoms with Crippen molar-refractivity contribution in [3.63, 3.8) is 0 Å². The van der Waals surface area contributed by atoms with Crippen LogP contribution < -0.4 is 10.1 Å². The number of carbonyl (C=O) groups excluding carboxylic acids is 1. The van der Waals surface area contributed by atoms with E-state index in [0.29, 0.717) is 11.5 Å². The number of amides is 1. The van der Waals surface area contributed by atoms with Gasteiger partial charge in [0.2, 0.25) is 0 Å². The standard InChI is InChI=1S/C21H20F3NO4/c1-12(25-20(28)21(22,23)24)18(15-6-4-14(5-7-15)13-2-3-13)29-17-10-8-16(9-11-17)19(26)27/h4-13,18H,2-3H2,1H3,(H,25,28)(H,26,27)/t12-,18-/m0/s1. The SMILES string of the molecule is C[C@H](NC(=O)C(F)(F)F)[C@H](Oc1ccc(C(=O)O)cc1)c1ccc(C2CC2)cc1. The second kappa shape index (κ2) is 8.14. The van der Waals surface area contributed by atoms with Crippen LogP contribution in [0.2, 0.25) is 0 Å². The Labute approximate surface area is 165 Å². The summed E-state index contributed by atoms with van der Waals surface area (Å²) in [6.45, 7) is 1.43. The lowest BCUT2D eigenvalue weighted by Crippen LogP contribution is -2.45. The van der Waals surface area contributed by atoms with Crippen LogP contribution in [0, 0.1) is 0 Å². The van der Waals surface area contributed by atoms with E-state index in [9.17, 15) is 22.8 Å². The molecule has 1 aliphatic rings. The van der Waals surface area contributed by atoms with Gasteiger partial charge in [-0.25, -0.2) is 4.79 Å². The van der Waals surface area contributed by atoms with Gasteiger partial charge < -0.3 is 15.2 Å². The highest BCUT2D eigenvalue weighted by Gasteiger charge is 2.40. The molecule has 0 radical (unpaired) electrons. The third-order valence-electron chi connectivity index (χ3n) is 4.75. The molecule has 8 heteroatoms. The molecule has 0 aliphatic heterocycles. The molecule has 0 heterocycles. The van der Waals surface area contributed by atoms with Crippen molar-refractivity contribution in [3.8, 4) is 5.75 Å². The van der Waals surface area contributed by atoms with Crippen molar-refractivity contribution in [3.05, 3.63) is 65.2 Å². The Bertz CT molecular complexity index is 874. The van der Waals surface area contributed by atoms with Crippen LogP contribution in [0.25, 0.3) is 0 Å². The molecular weight excluding hydrogens is 387 g/mol. The number of hydrogen-bond acceptors (Lipinski definition) is 3. The lowest BCUT2D eigenvalue weighted by molar-refractivity contribution is -0.174. The number of hydrogen-bond donors (Lipinski definition) is 2. The van der Waals surface area contributed by atoms with Crippen LogP contribution in [-0.4, -0.2) is 29.2 Å². The summed E-state index contributed by atoms with van der Waals surface area (Å²) in [5.41, 5.74) is 1.82. The first-order valence-corrected chi connectivity index (χ1v) is 9.12. The molecule has 0 bridgehead atoms. The molecule has 2 atom stereocenters. The van der Waals surface area contributed by atoms with Crippen molar-refractivity contribution in [1.29, 1.82) is 0 Å². The van der Waals surface area contributed by atoms with E-state index in [1.807, 2.05) is 17.4 Å². The molecule has 2 N–H and O–H groups in total. The molecule has 0 unspecified atom stereocenters. The van der Waals surface area contributed by atoms with E-state index in [2.05, 4.69) is 0 Å². The van der Waals surface area contributed by atoms with Crippen LogP contribution in [0.5, 0.6) is 5.75 Å². The third kappa shape index (κ3) is 5.28. The number of carboxylic acids is 1. The highest BCUT2D eigenvalue weighted by Crippen LogP contribution is 2.40. The predicted octanol–water partition coefficient (Wildman–Crippen LogP) is 4.45. The molecule has 29 heavy (non-hydrogen) atoms. The highest BCUT2D eigenvalue weighted by atomic mass is 19.4. The average molecular weight is 407 g/mol. The molecule has 1 aliphatic carbocycles. The monoisotopic (exact) mass is 407 g/mol. The number of aromatic carboxylic acids is 1. The van der Waals surface area contributed by atoms with E-state index < -0.39 is 30.2 Å². The smallest absolute Gasteiger partial charge is 0.471 e. The quantitative estimate of drug-likeness (QED) is 0.711. The van der Waals surface area contributed by atoms with Crippen LogP contribution in [-0.2, 0) is 4.79 Å². The predicted molar refractivity (Wildman–Crippen MR) is 98.8 cm³/mol. The maximum Gasteiger partial charge on any atom is 0.471 e. The molecule has 0 spiro atoms. The second-order valence-corrected chi connectivity index (χ2v) is 7.07. The van der Waals surface area contributed by atoms with Crippen LogP contribution in [0.1, 0.15) is 53.3 Å². The molecule has 0 aromatic heterocycles. The number of alkyl halides is 3. The minimum absolute atomic E-state index is 0.0566. The van der Waals surface area contributed by atoms with Crippen molar-refractivity contribution in [2.24, 2.45) is 0 Å². The molecule has 5 nitrogen and oxygen atoms in total. The number of nitrogens with one attached hydrogen (secondary N) is 1. The zero-order valence-corrected chi connectivity index (χ0v) is 15.6. The van der Waals surface area contributed by atoms with E-state index in [-0.39, 0.29) is 11.3 Å². The summed E-state index contributed by atoms with van der Waals surface area (Å²) in [6, 6.07) is 11.9. The van der Waals surface area contributed by atoms with E-state index in [4.69, 9.17) is 9.84 Å². The highest BCUT2D eigenvalue weighted by molar-refractivity contribution is 5.87. The van der Waals surface area contributed by atoms with Crippen LogP contribution in [0.3, 0.4) is 0 Å². The summed E-state index contributed by atoms with van der Waals surface area (Å²) < 4.78 is 43.8. The lowest BCUT2D eigenvalue weighted by atomic mass is 10.00. The van der Waals surface area contributed by atoms with Gasteiger partial charge in [0.25, 0.3) is 0 Å². The Hall–Kier alpha value is -3.03. The van der Waals surface area contributed by atoms with E-state index >= 15 is 0 Å². The van der Waals surface area contributed by atoms with Crippen LogP contribution in [0.15, 0.2) is 48.5 Å². The summed E-state index contributed by atoms with van der Waals surface area (Å²) in [5, 5.41) is 10.9. The van der Waals surface area contributed by atoms with Crippen molar-refractivity contribution in [1.82, 2.24) is 5.32 Å². The Kier molecular flexibility index (Phi) is 5.81. The number of ether oxygens (including phenoxy) is 1. The minimum atomic E-state index is -5.00. The summed E-state index contributed by atoms with van der Waals surface area (Å²) in [7, 11) is 0. The lowest BCUT2D eigenvalue weighted by Gasteiger charge is -2.27. The van der Waals surface area contributed by atoms with Gasteiger partial charge in [-0.2, -0.15) is 13.2 Å². The Balaban J connectivity index is 1.83. The first-order chi connectivity index (χ1) is 13.6. The number of carboxylic acid groups (broad SMARTS) is 1. The van der Waals surface area contributed by atoms with Crippen molar-refractivity contribution < 1.29 is 32.6 Å². The summed E-state index contributed by atoms with van der Waals surface area (Å²) in [6.07, 6.45) is -3.66.